The van der Waals surface area contributed by atoms with Crippen molar-refractivity contribution in [1.82, 2.24) is 33.7 Å². The number of imidazole rings is 1. The summed E-state index contributed by atoms with van der Waals surface area (Å²) in [7, 11) is 0.561. The molecule has 5 heterocycles. The molecule has 1 aromatic carbocycles. The number of fused-ring (bicyclic) bond motifs is 1. The number of anilines is 3. The quantitative estimate of drug-likeness (QED) is 0.269. The minimum atomic E-state index is -3.64. The van der Waals surface area contributed by atoms with E-state index in [1.54, 1.807) is 10.8 Å². The maximum atomic E-state index is 14.3. The smallest absolute Gasteiger partial charge is 0.257 e. The molecule has 2 aliphatic heterocycles. The van der Waals surface area contributed by atoms with Crippen LogP contribution in [0.4, 0.5) is 17.3 Å². The van der Waals surface area contributed by atoms with Gasteiger partial charge in [0.2, 0.25) is 16.0 Å². The van der Waals surface area contributed by atoms with Crippen LogP contribution in [0, 0.1) is 0 Å². The predicted molar refractivity (Wildman–Crippen MR) is 185 cm³/mol. The van der Waals surface area contributed by atoms with E-state index in [2.05, 4.69) is 56.6 Å². The van der Waals surface area contributed by atoms with E-state index >= 15 is 0 Å². The zero-order chi connectivity index (χ0) is 32.5. The molecular formula is C34H45N9O3S. The summed E-state index contributed by atoms with van der Waals surface area (Å²) in [5.74, 6) is 0.658. The van der Waals surface area contributed by atoms with Gasteiger partial charge in [0.15, 0.2) is 0 Å². The SMILES string of the molecule is CN1CCCCC1c1cc2cnc(Nc3ccc(N(C)C4CCNCC4)cc3)nc2n(Cc2nccn2S(=O)(=O)C2CCCC2)c1=O. The third kappa shape index (κ3) is 6.40. The first kappa shape index (κ1) is 31.8. The Morgan fingerprint density at radius 3 is 2.49 bits per heavy atom. The lowest BCUT2D eigenvalue weighted by Crippen LogP contribution is -2.41. The van der Waals surface area contributed by atoms with Crippen molar-refractivity contribution in [2.24, 2.45) is 0 Å². The molecule has 0 amide bonds. The highest BCUT2D eigenvalue weighted by Crippen LogP contribution is 2.31. The van der Waals surface area contributed by atoms with E-state index in [0.717, 1.165) is 81.3 Å². The molecule has 3 fully saturated rings. The normalized spacial score (nSPS) is 20.2. The van der Waals surface area contributed by atoms with Crippen LogP contribution in [0.5, 0.6) is 0 Å². The monoisotopic (exact) mass is 659 g/mol. The molecule has 13 heteroatoms. The van der Waals surface area contributed by atoms with E-state index in [1.165, 1.54) is 16.4 Å². The maximum Gasteiger partial charge on any atom is 0.257 e. The fourth-order valence-corrected chi connectivity index (χ4v) is 9.44. The highest BCUT2D eigenvalue weighted by molar-refractivity contribution is 7.90. The molecule has 47 heavy (non-hydrogen) atoms. The van der Waals surface area contributed by atoms with Crippen LogP contribution >= 0.6 is 0 Å². The molecule has 4 aromatic rings. The van der Waals surface area contributed by atoms with Crippen LogP contribution < -0.4 is 21.1 Å². The Morgan fingerprint density at radius 1 is 1.00 bits per heavy atom. The Kier molecular flexibility index (Phi) is 9.03. The average Bonchev–Trinajstić information content (AvgIpc) is 3.81. The second kappa shape index (κ2) is 13.4. The van der Waals surface area contributed by atoms with Gasteiger partial charge >= 0.3 is 0 Å². The van der Waals surface area contributed by atoms with Gasteiger partial charge < -0.3 is 15.5 Å². The highest BCUT2D eigenvalue weighted by Gasteiger charge is 2.32. The summed E-state index contributed by atoms with van der Waals surface area (Å²) in [6, 6.07) is 10.6. The van der Waals surface area contributed by atoms with Crippen molar-refractivity contribution in [2.75, 3.05) is 43.9 Å². The summed E-state index contributed by atoms with van der Waals surface area (Å²) >= 11 is 0. The molecule has 3 aromatic heterocycles. The van der Waals surface area contributed by atoms with Crippen LogP contribution in [0.25, 0.3) is 11.0 Å². The molecule has 1 saturated carbocycles. The number of hydrogen-bond donors (Lipinski definition) is 2. The van der Waals surface area contributed by atoms with Gasteiger partial charge in [0.05, 0.1) is 11.8 Å². The summed E-state index contributed by atoms with van der Waals surface area (Å²) in [6.45, 7) is 2.97. The number of rotatable bonds is 9. The van der Waals surface area contributed by atoms with Gasteiger partial charge in [0, 0.05) is 60.0 Å². The highest BCUT2D eigenvalue weighted by atomic mass is 32.2. The van der Waals surface area contributed by atoms with Crippen LogP contribution in [0.1, 0.15) is 75.2 Å². The van der Waals surface area contributed by atoms with Gasteiger partial charge in [-0.25, -0.2) is 22.4 Å². The number of hydrogen-bond acceptors (Lipinski definition) is 10. The fraction of sp³-hybridized carbons (Fsp3) is 0.529. The lowest BCUT2D eigenvalue weighted by Gasteiger charge is -2.33. The van der Waals surface area contributed by atoms with Gasteiger partial charge in [0.25, 0.3) is 5.56 Å². The molecule has 12 nitrogen and oxygen atoms in total. The summed E-state index contributed by atoms with van der Waals surface area (Å²) in [4.78, 5) is 32.8. The number of benzene rings is 1. The Hall–Kier alpha value is -3.81. The minimum Gasteiger partial charge on any atom is -0.372 e. The predicted octanol–water partition coefficient (Wildman–Crippen LogP) is 4.25. The molecule has 0 spiro atoms. The van der Waals surface area contributed by atoms with Gasteiger partial charge in [-0.1, -0.05) is 19.3 Å². The van der Waals surface area contributed by atoms with Gasteiger partial charge in [-0.2, -0.15) is 4.98 Å². The first-order valence-electron chi connectivity index (χ1n) is 17.0. The van der Waals surface area contributed by atoms with Crippen molar-refractivity contribution < 1.29 is 8.42 Å². The maximum absolute atomic E-state index is 14.3. The standard InChI is InChI=1S/C34H45N9O3S/c1-40-19-6-5-9-30(40)29-21-24-22-37-34(38-25-10-12-26(13-11-25)41(2)27-14-16-35-17-15-27)39-32(24)42(33(29)44)23-31-36-18-20-43(31)47(45,46)28-7-3-4-8-28/h10-13,18,20-22,27-28,30,35H,3-9,14-17,19,23H2,1-2H3,(H,37,38,39). The molecule has 0 radical (unpaired) electrons. The Bertz CT molecular complexity index is 1880. The van der Waals surface area contributed by atoms with Crippen LogP contribution in [0.2, 0.25) is 0 Å². The van der Waals surface area contributed by atoms with Gasteiger partial charge in [-0.3, -0.25) is 14.3 Å². The molecule has 7 rings (SSSR count). The molecule has 250 valence electrons. The molecule has 1 aliphatic carbocycles. The number of nitrogens with one attached hydrogen (secondary N) is 2. The molecular weight excluding hydrogens is 615 g/mol. The molecule has 0 bridgehead atoms. The van der Waals surface area contributed by atoms with Crippen molar-refractivity contribution in [3.05, 3.63) is 70.7 Å². The van der Waals surface area contributed by atoms with Crippen LogP contribution in [0.3, 0.4) is 0 Å². The Labute approximate surface area is 276 Å². The molecule has 2 saturated heterocycles. The van der Waals surface area contributed by atoms with E-state index in [1.807, 2.05) is 18.2 Å². The fourth-order valence-electron chi connectivity index (χ4n) is 7.56. The van der Waals surface area contributed by atoms with Gasteiger partial charge in [-0.05, 0) is 95.5 Å². The second-order valence-electron chi connectivity index (χ2n) is 13.3. The lowest BCUT2D eigenvalue weighted by molar-refractivity contribution is 0.186. The summed E-state index contributed by atoms with van der Waals surface area (Å²) in [5, 5.41) is 7.03. The van der Waals surface area contributed by atoms with Crippen LogP contribution in [-0.2, 0) is 16.6 Å². The molecule has 2 N–H and O–H groups in total. The average molecular weight is 660 g/mol. The molecule has 3 aliphatic rings. The molecule has 1 atom stereocenters. The zero-order valence-corrected chi connectivity index (χ0v) is 28.1. The van der Waals surface area contributed by atoms with E-state index < -0.39 is 15.3 Å². The van der Waals surface area contributed by atoms with Crippen molar-refractivity contribution >= 4 is 38.4 Å². The summed E-state index contributed by atoms with van der Waals surface area (Å²) in [6.07, 6.45) is 13.1. The zero-order valence-electron chi connectivity index (χ0n) is 27.3. The summed E-state index contributed by atoms with van der Waals surface area (Å²) in [5.41, 5.74) is 2.91. The number of nitrogens with zero attached hydrogens (tertiary/aromatic N) is 7. The number of likely N-dealkylation sites (tertiary alicyclic amines) is 1. The van der Waals surface area contributed by atoms with E-state index in [9.17, 15) is 13.2 Å². The van der Waals surface area contributed by atoms with Crippen molar-refractivity contribution in [3.63, 3.8) is 0 Å². The van der Waals surface area contributed by atoms with Gasteiger partial charge in [-0.15, -0.1) is 0 Å². The van der Waals surface area contributed by atoms with Crippen molar-refractivity contribution in [1.29, 1.82) is 0 Å². The third-order valence-electron chi connectivity index (χ3n) is 10.3. The Balaban J connectivity index is 1.23. The molecule has 1 unspecified atom stereocenters. The van der Waals surface area contributed by atoms with Crippen LogP contribution in [-0.4, -0.2) is 81.8 Å². The van der Waals surface area contributed by atoms with E-state index in [-0.39, 0.29) is 18.1 Å². The number of pyridine rings is 1. The second-order valence-corrected chi connectivity index (χ2v) is 15.4. The number of piperidine rings is 2. The third-order valence-corrected chi connectivity index (χ3v) is 12.5. The topological polar surface area (TPSA) is 130 Å². The summed E-state index contributed by atoms with van der Waals surface area (Å²) < 4.78 is 30.1. The largest absolute Gasteiger partial charge is 0.372 e. The van der Waals surface area contributed by atoms with E-state index in [4.69, 9.17) is 4.98 Å². The van der Waals surface area contributed by atoms with E-state index in [0.29, 0.717) is 41.9 Å². The van der Waals surface area contributed by atoms with Crippen molar-refractivity contribution in [2.45, 2.75) is 81.7 Å². The lowest BCUT2D eigenvalue weighted by atomic mass is 9.96. The Morgan fingerprint density at radius 2 is 1.74 bits per heavy atom. The first-order valence-corrected chi connectivity index (χ1v) is 18.5. The van der Waals surface area contributed by atoms with Gasteiger partial charge in [0.1, 0.15) is 11.5 Å². The first-order chi connectivity index (χ1) is 22.8. The van der Waals surface area contributed by atoms with Crippen LogP contribution in [0.15, 0.2) is 53.7 Å². The minimum absolute atomic E-state index is 0.0211. The van der Waals surface area contributed by atoms with Crippen molar-refractivity contribution in [3.8, 4) is 0 Å². The number of aromatic nitrogens is 5.